The predicted molar refractivity (Wildman–Crippen MR) is 107 cm³/mol. The van der Waals surface area contributed by atoms with Crippen LogP contribution < -0.4 is 4.90 Å². The van der Waals surface area contributed by atoms with Crippen molar-refractivity contribution in [2.75, 3.05) is 18.0 Å². The zero-order valence-corrected chi connectivity index (χ0v) is 15.7. The van der Waals surface area contributed by atoms with Crippen molar-refractivity contribution in [3.63, 3.8) is 0 Å². The number of carbonyl (C=O) groups excluding carboxylic acids is 2. The molecule has 1 atom stereocenters. The number of para-hydroxylation sites is 1. The van der Waals surface area contributed by atoms with Crippen LogP contribution in [0.4, 0.5) is 5.69 Å². The van der Waals surface area contributed by atoms with Gasteiger partial charge in [-0.2, -0.15) is 0 Å². The van der Waals surface area contributed by atoms with Crippen LogP contribution in [-0.4, -0.2) is 40.8 Å². The lowest BCUT2D eigenvalue weighted by Gasteiger charge is -2.39. The van der Waals surface area contributed by atoms with E-state index in [0.29, 0.717) is 12.2 Å². The molecule has 27 heavy (non-hydrogen) atoms. The van der Waals surface area contributed by atoms with Crippen molar-refractivity contribution in [3.8, 4) is 11.1 Å². The Labute approximate surface area is 161 Å². The van der Waals surface area contributed by atoms with Crippen LogP contribution in [0.15, 0.2) is 65.5 Å². The van der Waals surface area contributed by atoms with Crippen molar-refractivity contribution in [2.45, 2.75) is 13.0 Å². The summed E-state index contributed by atoms with van der Waals surface area (Å²) in [5, 5.41) is 1.72. The molecule has 5 nitrogen and oxygen atoms in total. The molecule has 1 aliphatic heterocycles. The van der Waals surface area contributed by atoms with Gasteiger partial charge in [-0.3, -0.25) is 9.59 Å². The van der Waals surface area contributed by atoms with E-state index in [1.54, 1.807) is 20.7 Å². The minimum absolute atomic E-state index is 0.0562. The topological polar surface area (TPSA) is 53.5 Å². The lowest BCUT2D eigenvalue weighted by atomic mass is 10.0. The molecule has 2 amide bonds. The van der Waals surface area contributed by atoms with Crippen molar-refractivity contribution in [1.29, 1.82) is 0 Å². The van der Waals surface area contributed by atoms with Gasteiger partial charge in [-0.15, -0.1) is 11.3 Å². The molecule has 0 radical (unpaired) electrons. The van der Waals surface area contributed by atoms with Gasteiger partial charge in [0.1, 0.15) is 12.2 Å². The third-order valence-corrected chi connectivity index (χ3v) is 5.36. The first-order valence-electron chi connectivity index (χ1n) is 8.79. The van der Waals surface area contributed by atoms with Gasteiger partial charge >= 0.3 is 0 Å². The molecular formula is C21H19N3O2S. The maximum Gasteiger partial charge on any atom is 0.274 e. The number of piperazine rings is 1. The van der Waals surface area contributed by atoms with E-state index in [2.05, 4.69) is 4.98 Å². The summed E-state index contributed by atoms with van der Waals surface area (Å²) in [6, 6.07) is 17.8. The van der Waals surface area contributed by atoms with Gasteiger partial charge < -0.3 is 9.80 Å². The van der Waals surface area contributed by atoms with Gasteiger partial charge in [0.05, 0.1) is 11.2 Å². The number of hydrogen-bond acceptors (Lipinski definition) is 4. The van der Waals surface area contributed by atoms with Crippen LogP contribution >= 0.6 is 11.3 Å². The predicted octanol–water partition coefficient (Wildman–Crippen LogP) is 3.69. The van der Waals surface area contributed by atoms with Gasteiger partial charge in [0.25, 0.3) is 5.91 Å². The molecule has 2 aromatic carbocycles. The van der Waals surface area contributed by atoms with Crippen LogP contribution in [0.2, 0.25) is 0 Å². The standard InChI is InChI=1S/C21H19N3O2S/c1-15-11-24(20(25)12-23(15)21(26)18-13-27-14-22-18)19-10-6-5-9-17(19)16-7-3-2-4-8-16/h2-10,13-15H,11-12H2,1H3. The molecule has 3 aromatic rings. The van der Waals surface area contributed by atoms with Crippen molar-refractivity contribution >= 4 is 28.8 Å². The second kappa shape index (κ2) is 7.32. The number of amides is 2. The Morgan fingerprint density at radius 2 is 1.85 bits per heavy atom. The van der Waals surface area contributed by atoms with Crippen LogP contribution in [0.25, 0.3) is 11.1 Å². The third-order valence-electron chi connectivity index (χ3n) is 4.78. The number of aromatic nitrogens is 1. The van der Waals surface area contributed by atoms with Gasteiger partial charge in [-0.1, -0.05) is 48.5 Å². The van der Waals surface area contributed by atoms with Crippen molar-refractivity contribution in [1.82, 2.24) is 9.88 Å². The largest absolute Gasteiger partial charge is 0.323 e. The summed E-state index contributed by atoms with van der Waals surface area (Å²) in [5.41, 5.74) is 4.98. The lowest BCUT2D eigenvalue weighted by molar-refractivity contribution is -0.121. The number of nitrogens with zero attached hydrogens (tertiary/aromatic N) is 3. The summed E-state index contributed by atoms with van der Waals surface area (Å²) < 4.78 is 0. The molecule has 0 saturated carbocycles. The van der Waals surface area contributed by atoms with Crippen LogP contribution in [0.1, 0.15) is 17.4 Å². The van der Waals surface area contributed by atoms with Crippen LogP contribution in [-0.2, 0) is 4.79 Å². The summed E-state index contributed by atoms with van der Waals surface area (Å²) in [6.07, 6.45) is 0. The number of hydrogen-bond donors (Lipinski definition) is 0. The van der Waals surface area contributed by atoms with E-state index in [4.69, 9.17) is 0 Å². The summed E-state index contributed by atoms with van der Waals surface area (Å²) in [6.45, 7) is 2.48. The number of anilines is 1. The quantitative estimate of drug-likeness (QED) is 0.700. The number of thiazole rings is 1. The SMILES string of the molecule is CC1CN(c2ccccc2-c2ccccc2)C(=O)CN1C(=O)c1cscn1. The van der Waals surface area contributed by atoms with Gasteiger partial charge in [-0.05, 0) is 18.6 Å². The first-order valence-corrected chi connectivity index (χ1v) is 9.73. The molecule has 4 rings (SSSR count). The molecular weight excluding hydrogens is 358 g/mol. The van der Waals surface area contributed by atoms with Crippen molar-refractivity contribution in [3.05, 3.63) is 71.2 Å². The van der Waals surface area contributed by atoms with E-state index >= 15 is 0 Å². The van der Waals surface area contributed by atoms with E-state index in [0.717, 1.165) is 16.8 Å². The van der Waals surface area contributed by atoms with Crippen LogP contribution in [0.3, 0.4) is 0 Å². The molecule has 1 saturated heterocycles. The van der Waals surface area contributed by atoms with E-state index in [-0.39, 0.29) is 24.4 Å². The summed E-state index contributed by atoms with van der Waals surface area (Å²) >= 11 is 1.38. The van der Waals surface area contributed by atoms with Crippen LogP contribution in [0, 0.1) is 0 Å². The first-order chi connectivity index (χ1) is 13.1. The molecule has 1 aliphatic rings. The Hall–Kier alpha value is -2.99. The highest BCUT2D eigenvalue weighted by Gasteiger charge is 2.35. The first kappa shape index (κ1) is 17.4. The Balaban J connectivity index is 1.62. The molecule has 0 N–H and O–H groups in total. The Morgan fingerprint density at radius 3 is 2.59 bits per heavy atom. The fraction of sp³-hybridized carbons (Fsp3) is 0.190. The Kier molecular flexibility index (Phi) is 4.73. The van der Waals surface area contributed by atoms with Gasteiger partial charge in [0.15, 0.2) is 0 Å². The molecule has 1 unspecified atom stereocenters. The maximum absolute atomic E-state index is 12.9. The summed E-state index contributed by atoms with van der Waals surface area (Å²) in [5.74, 6) is -0.270. The number of benzene rings is 2. The highest BCUT2D eigenvalue weighted by Crippen LogP contribution is 2.32. The Bertz CT molecular complexity index is 957. The Morgan fingerprint density at radius 1 is 1.11 bits per heavy atom. The summed E-state index contributed by atoms with van der Waals surface area (Å²) in [7, 11) is 0. The zero-order valence-electron chi connectivity index (χ0n) is 14.9. The van der Waals surface area contributed by atoms with Gasteiger partial charge in [0, 0.05) is 23.5 Å². The molecule has 2 heterocycles. The zero-order chi connectivity index (χ0) is 18.8. The third kappa shape index (κ3) is 3.36. The van der Waals surface area contributed by atoms with E-state index < -0.39 is 0 Å². The van der Waals surface area contributed by atoms with E-state index in [9.17, 15) is 9.59 Å². The normalized spacial score (nSPS) is 17.2. The van der Waals surface area contributed by atoms with Crippen molar-refractivity contribution in [2.24, 2.45) is 0 Å². The highest BCUT2D eigenvalue weighted by atomic mass is 32.1. The average Bonchev–Trinajstić information content (AvgIpc) is 3.24. The highest BCUT2D eigenvalue weighted by molar-refractivity contribution is 7.07. The minimum Gasteiger partial charge on any atom is -0.323 e. The summed E-state index contributed by atoms with van der Waals surface area (Å²) in [4.78, 5) is 33.1. The van der Waals surface area contributed by atoms with Crippen LogP contribution in [0.5, 0.6) is 0 Å². The monoisotopic (exact) mass is 377 g/mol. The second-order valence-corrected chi connectivity index (χ2v) is 7.26. The van der Waals surface area contributed by atoms with Crippen molar-refractivity contribution < 1.29 is 9.59 Å². The maximum atomic E-state index is 12.9. The molecule has 1 fully saturated rings. The average molecular weight is 377 g/mol. The van der Waals surface area contributed by atoms with Gasteiger partial charge in [-0.25, -0.2) is 4.98 Å². The second-order valence-electron chi connectivity index (χ2n) is 6.54. The fourth-order valence-electron chi connectivity index (χ4n) is 3.39. The molecule has 0 spiro atoms. The fourth-order valence-corrected chi connectivity index (χ4v) is 3.92. The smallest absolute Gasteiger partial charge is 0.274 e. The molecule has 0 aliphatic carbocycles. The lowest BCUT2D eigenvalue weighted by Crippen LogP contribution is -2.57. The molecule has 6 heteroatoms. The molecule has 136 valence electrons. The van der Waals surface area contributed by atoms with Gasteiger partial charge in [0.2, 0.25) is 5.91 Å². The van der Waals surface area contributed by atoms with E-state index in [1.165, 1.54) is 11.3 Å². The molecule has 1 aromatic heterocycles. The van der Waals surface area contributed by atoms with E-state index in [1.807, 2.05) is 61.5 Å². The molecule has 0 bridgehead atoms. The number of rotatable bonds is 3. The number of carbonyl (C=O) groups is 2. The minimum atomic E-state index is -0.187.